The van der Waals surface area contributed by atoms with Gasteiger partial charge in [-0.2, -0.15) is 0 Å². The first kappa shape index (κ1) is 35.0. The molecular formula is C60H37N3O. The van der Waals surface area contributed by atoms with Crippen molar-refractivity contribution in [1.29, 1.82) is 0 Å². The van der Waals surface area contributed by atoms with Crippen molar-refractivity contribution in [2.75, 3.05) is 0 Å². The maximum Gasteiger partial charge on any atom is 0.138 e. The lowest BCUT2D eigenvalue weighted by Gasteiger charge is -2.15. The summed E-state index contributed by atoms with van der Waals surface area (Å²) in [6.45, 7) is 0. The van der Waals surface area contributed by atoms with Gasteiger partial charge in [0.2, 0.25) is 0 Å². The highest BCUT2D eigenvalue weighted by Gasteiger charge is 2.22. The number of para-hydroxylation sites is 5. The van der Waals surface area contributed by atoms with Crippen LogP contribution in [0.2, 0.25) is 0 Å². The van der Waals surface area contributed by atoms with Crippen LogP contribution < -0.4 is 0 Å². The van der Waals surface area contributed by atoms with E-state index in [0.717, 1.165) is 66.7 Å². The molecule has 0 amide bonds. The molecule has 0 N–H and O–H groups in total. The van der Waals surface area contributed by atoms with Gasteiger partial charge in [-0.25, -0.2) is 0 Å². The van der Waals surface area contributed by atoms with Crippen molar-refractivity contribution in [2.45, 2.75) is 0 Å². The van der Waals surface area contributed by atoms with Crippen LogP contribution in [0, 0.1) is 0 Å². The summed E-state index contributed by atoms with van der Waals surface area (Å²) in [5, 5.41) is 9.55. The summed E-state index contributed by atoms with van der Waals surface area (Å²) >= 11 is 0. The molecule has 0 bridgehead atoms. The Kier molecular flexibility index (Phi) is 7.36. The maximum atomic E-state index is 6.77. The van der Waals surface area contributed by atoms with E-state index < -0.39 is 0 Å². The predicted octanol–water partition coefficient (Wildman–Crippen LogP) is 16.2. The van der Waals surface area contributed by atoms with Crippen LogP contribution in [0.3, 0.4) is 0 Å². The Labute approximate surface area is 367 Å². The maximum absolute atomic E-state index is 6.77. The third-order valence-corrected chi connectivity index (χ3v) is 13.4. The van der Waals surface area contributed by atoms with Crippen molar-refractivity contribution in [2.24, 2.45) is 0 Å². The first-order valence-electron chi connectivity index (χ1n) is 21.9. The minimum Gasteiger partial charge on any atom is -0.456 e. The number of hydrogen-bond acceptors (Lipinski definition) is 1. The normalized spacial score (nSPS) is 12.1. The third kappa shape index (κ3) is 4.99. The molecule has 4 aromatic heterocycles. The molecule has 10 aromatic carbocycles. The zero-order chi connectivity index (χ0) is 41.9. The fourth-order valence-corrected chi connectivity index (χ4v) is 10.7. The van der Waals surface area contributed by atoms with Crippen molar-refractivity contribution < 1.29 is 4.42 Å². The predicted molar refractivity (Wildman–Crippen MR) is 268 cm³/mol. The van der Waals surface area contributed by atoms with Gasteiger partial charge in [0.1, 0.15) is 11.2 Å². The molecule has 64 heavy (non-hydrogen) atoms. The lowest BCUT2D eigenvalue weighted by molar-refractivity contribution is 0.669. The first-order valence-corrected chi connectivity index (χ1v) is 21.9. The van der Waals surface area contributed by atoms with Gasteiger partial charge in [-0.05, 0) is 95.1 Å². The Morgan fingerprint density at radius 1 is 0.266 bits per heavy atom. The van der Waals surface area contributed by atoms with Crippen LogP contribution in [0.5, 0.6) is 0 Å². The molecule has 14 aromatic rings. The van der Waals surface area contributed by atoms with E-state index in [1.807, 2.05) is 0 Å². The van der Waals surface area contributed by atoms with Crippen LogP contribution >= 0.6 is 0 Å². The minimum atomic E-state index is 0.861. The van der Waals surface area contributed by atoms with Gasteiger partial charge in [0, 0.05) is 49.1 Å². The number of furan rings is 1. The first-order chi connectivity index (χ1) is 31.8. The van der Waals surface area contributed by atoms with Crippen LogP contribution in [-0.4, -0.2) is 13.7 Å². The van der Waals surface area contributed by atoms with Gasteiger partial charge >= 0.3 is 0 Å². The molecule has 4 heterocycles. The van der Waals surface area contributed by atoms with Crippen LogP contribution in [0.25, 0.3) is 127 Å². The number of benzene rings is 10. The minimum absolute atomic E-state index is 0.861. The molecule has 298 valence electrons. The zero-order valence-corrected chi connectivity index (χ0v) is 34.6. The second kappa shape index (κ2) is 13.4. The monoisotopic (exact) mass is 815 g/mol. The fraction of sp³-hybridized carbons (Fsp3) is 0. The van der Waals surface area contributed by atoms with Gasteiger partial charge in [-0.3, -0.25) is 0 Å². The highest BCUT2D eigenvalue weighted by molar-refractivity contribution is 6.17. The molecule has 0 radical (unpaired) electrons. The van der Waals surface area contributed by atoms with Crippen LogP contribution in [0.4, 0.5) is 0 Å². The second-order valence-corrected chi connectivity index (χ2v) is 16.9. The van der Waals surface area contributed by atoms with E-state index >= 15 is 0 Å². The number of aromatic nitrogens is 3. The third-order valence-electron chi connectivity index (χ3n) is 13.4. The number of fused-ring (bicyclic) bond motifs is 12. The van der Waals surface area contributed by atoms with Gasteiger partial charge < -0.3 is 18.1 Å². The summed E-state index contributed by atoms with van der Waals surface area (Å²) in [7, 11) is 0. The van der Waals surface area contributed by atoms with Gasteiger partial charge in [-0.1, -0.05) is 152 Å². The van der Waals surface area contributed by atoms with E-state index in [9.17, 15) is 0 Å². The lowest BCUT2D eigenvalue weighted by atomic mass is 9.93. The molecule has 14 rings (SSSR count). The molecule has 4 nitrogen and oxygen atoms in total. The molecule has 0 aliphatic rings. The molecule has 0 unspecified atom stereocenters. The summed E-state index contributed by atoms with van der Waals surface area (Å²) in [6, 6.07) is 81.5. The van der Waals surface area contributed by atoms with E-state index in [2.05, 4.69) is 238 Å². The fourth-order valence-electron chi connectivity index (χ4n) is 10.7. The van der Waals surface area contributed by atoms with Crippen LogP contribution in [-0.2, 0) is 0 Å². The Morgan fingerprint density at radius 3 is 1.39 bits per heavy atom. The van der Waals surface area contributed by atoms with Crippen molar-refractivity contribution in [3.8, 4) is 39.3 Å². The molecular weight excluding hydrogens is 779 g/mol. The zero-order valence-electron chi connectivity index (χ0n) is 34.6. The average molecular weight is 816 g/mol. The van der Waals surface area contributed by atoms with E-state index in [0.29, 0.717) is 0 Å². The van der Waals surface area contributed by atoms with Crippen LogP contribution in [0.15, 0.2) is 229 Å². The lowest BCUT2D eigenvalue weighted by Crippen LogP contribution is -1.99. The van der Waals surface area contributed by atoms with Crippen molar-refractivity contribution in [3.05, 3.63) is 224 Å². The average Bonchev–Trinajstić information content (AvgIpc) is 4.10. The SMILES string of the molecule is c1ccc(-c2ccccc2-c2cc(-n3c4ccccc4c4ccc(-n5c6ccccc6c6cc(-n7c8ccccc8c8ccccc87)ccc65)cc43)c3c(c2)oc2ccccc23)cc1. The summed E-state index contributed by atoms with van der Waals surface area (Å²) < 4.78 is 14.1. The smallest absolute Gasteiger partial charge is 0.138 e. The summed E-state index contributed by atoms with van der Waals surface area (Å²) in [5.74, 6) is 0. The Hall–Kier alpha value is -8.60. The Morgan fingerprint density at radius 2 is 0.734 bits per heavy atom. The van der Waals surface area contributed by atoms with Gasteiger partial charge in [-0.15, -0.1) is 0 Å². The van der Waals surface area contributed by atoms with Crippen molar-refractivity contribution in [3.63, 3.8) is 0 Å². The molecule has 0 aliphatic carbocycles. The van der Waals surface area contributed by atoms with E-state index in [-0.39, 0.29) is 0 Å². The van der Waals surface area contributed by atoms with Gasteiger partial charge in [0.15, 0.2) is 0 Å². The molecule has 0 fully saturated rings. The molecule has 0 atom stereocenters. The largest absolute Gasteiger partial charge is 0.456 e. The molecule has 0 aliphatic heterocycles. The summed E-state index contributed by atoms with van der Waals surface area (Å²) in [6.07, 6.45) is 0. The highest BCUT2D eigenvalue weighted by Crippen LogP contribution is 2.44. The van der Waals surface area contributed by atoms with Crippen molar-refractivity contribution >= 4 is 87.4 Å². The topological polar surface area (TPSA) is 27.9 Å². The molecule has 0 saturated heterocycles. The summed E-state index contributed by atoms with van der Waals surface area (Å²) in [4.78, 5) is 0. The van der Waals surface area contributed by atoms with E-state index in [1.165, 1.54) is 60.0 Å². The standard InChI is InChI=1S/C60H37N3O/c1-2-16-38(17-3-1)42-18-4-5-19-43(42)39-34-57(60-49-24-10-15-29-58(49)64-59(60)35-39)63-54-28-14-8-22-46(54)48-32-30-41(37-56(48)63)62-53-27-13-9-23-47(53)50-36-40(31-33-55(50)62)61-51-25-11-6-20-44(51)45-21-7-12-26-52(45)61/h1-37H. The number of rotatable bonds is 5. The van der Waals surface area contributed by atoms with Gasteiger partial charge in [0.25, 0.3) is 0 Å². The van der Waals surface area contributed by atoms with E-state index in [1.54, 1.807) is 0 Å². The molecule has 4 heteroatoms. The Balaban J connectivity index is 1.04. The van der Waals surface area contributed by atoms with Gasteiger partial charge in [0.05, 0.1) is 44.2 Å². The van der Waals surface area contributed by atoms with Crippen LogP contribution in [0.1, 0.15) is 0 Å². The van der Waals surface area contributed by atoms with E-state index in [4.69, 9.17) is 4.42 Å². The highest BCUT2D eigenvalue weighted by atomic mass is 16.3. The molecule has 0 saturated carbocycles. The number of hydrogen-bond donors (Lipinski definition) is 0. The Bertz CT molecular complexity index is 4140. The summed E-state index contributed by atoms with van der Waals surface area (Å²) in [5.41, 5.74) is 16.7. The quantitative estimate of drug-likeness (QED) is 0.170. The number of nitrogens with zero attached hydrogens (tertiary/aromatic N) is 3. The second-order valence-electron chi connectivity index (χ2n) is 16.9. The molecule has 0 spiro atoms. The van der Waals surface area contributed by atoms with Crippen molar-refractivity contribution in [1.82, 2.24) is 13.7 Å².